The molecule has 0 spiro atoms. The van der Waals surface area contributed by atoms with E-state index in [-0.39, 0.29) is 6.10 Å². The zero-order valence-electron chi connectivity index (χ0n) is 10.4. The van der Waals surface area contributed by atoms with Gasteiger partial charge in [0.15, 0.2) is 0 Å². The minimum atomic E-state index is -0.164. The Kier molecular flexibility index (Phi) is 5.58. The van der Waals surface area contributed by atoms with Crippen LogP contribution in [-0.2, 0) is 0 Å². The van der Waals surface area contributed by atoms with Crippen molar-refractivity contribution >= 4 is 0 Å². The molecule has 0 bridgehead atoms. The summed E-state index contributed by atoms with van der Waals surface area (Å²) in [4.78, 5) is 4.90. The van der Waals surface area contributed by atoms with Crippen molar-refractivity contribution in [1.29, 1.82) is 0 Å². The van der Waals surface area contributed by atoms with E-state index in [1.54, 1.807) is 0 Å². The summed E-state index contributed by atoms with van der Waals surface area (Å²) < 4.78 is 0. The van der Waals surface area contributed by atoms with Gasteiger partial charge in [0.25, 0.3) is 0 Å². The number of rotatable bonds is 5. The standard InChI is InChI=1S/C12H26N2O/c1-4-5-13-6-8-14(9-7-13)10-12(15)11(2)3/h11-12,15H,4-10H2,1-3H3. The summed E-state index contributed by atoms with van der Waals surface area (Å²) in [5.74, 6) is 0.374. The summed E-state index contributed by atoms with van der Waals surface area (Å²) in [5, 5.41) is 9.79. The molecule has 3 nitrogen and oxygen atoms in total. The third kappa shape index (κ3) is 4.49. The third-order valence-electron chi connectivity index (χ3n) is 3.22. The maximum absolute atomic E-state index is 9.79. The van der Waals surface area contributed by atoms with Crippen LogP contribution in [0.4, 0.5) is 0 Å². The number of nitrogens with zero attached hydrogens (tertiary/aromatic N) is 2. The summed E-state index contributed by atoms with van der Waals surface area (Å²) in [7, 11) is 0. The number of hydrogen-bond donors (Lipinski definition) is 1. The van der Waals surface area contributed by atoms with Crippen molar-refractivity contribution in [2.24, 2.45) is 5.92 Å². The minimum Gasteiger partial charge on any atom is -0.392 e. The molecule has 1 atom stereocenters. The molecule has 1 aliphatic rings. The molecule has 0 aromatic rings. The Morgan fingerprint density at radius 1 is 1.07 bits per heavy atom. The van der Waals surface area contributed by atoms with E-state index in [9.17, 15) is 5.11 Å². The monoisotopic (exact) mass is 214 g/mol. The summed E-state index contributed by atoms with van der Waals surface area (Å²) in [6.07, 6.45) is 1.08. The van der Waals surface area contributed by atoms with E-state index in [1.165, 1.54) is 26.1 Å². The SMILES string of the molecule is CCCN1CCN(CC(O)C(C)C)CC1. The van der Waals surface area contributed by atoms with Crippen LogP contribution in [0.2, 0.25) is 0 Å². The Balaban J connectivity index is 2.19. The lowest BCUT2D eigenvalue weighted by Gasteiger charge is -2.36. The highest BCUT2D eigenvalue weighted by atomic mass is 16.3. The van der Waals surface area contributed by atoms with Gasteiger partial charge in [-0.15, -0.1) is 0 Å². The summed E-state index contributed by atoms with van der Waals surface area (Å²) in [6, 6.07) is 0. The van der Waals surface area contributed by atoms with Gasteiger partial charge in [-0.2, -0.15) is 0 Å². The number of hydrogen-bond acceptors (Lipinski definition) is 3. The molecule has 1 heterocycles. The first kappa shape index (κ1) is 12.9. The topological polar surface area (TPSA) is 26.7 Å². The Morgan fingerprint density at radius 2 is 1.60 bits per heavy atom. The maximum atomic E-state index is 9.79. The van der Waals surface area contributed by atoms with E-state index in [1.807, 2.05) is 0 Å². The fourth-order valence-corrected chi connectivity index (χ4v) is 1.99. The van der Waals surface area contributed by atoms with E-state index in [4.69, 9.17) is 0 Å². The average Bonchev–Trinajstić information content (AvgIpc) is 2.21. The molecule has 1 unspecified atom stereocenters. The predicted octanol–water partition coefficient (Wildman–Crippen LogP) is 1.03. The zero-order chi connectivity index (χ0) is 11.3. The van der Waals surface area contributed by atoms with Gasteiger partial charge in [-0.25, -0.2) is 0 Å². The second-order valence-electron chi connectivity index (χ2n) is 4.95. The van der Waals surface area contributed by atoms with Crippen LogP contribution in [0.15, 0.2) is 0 Å². The van der Waals surface area contributed by atoms with Crippen molar-refractivity contribution in [1.82, 2.24) is 9.80 Å². The summed E-state index contributed by atoms with van der Waals surface area (Å²) >= 11 is 0. The second kappa shape index (κ2) is 6.46. The highest BCUT2D eigenvalue weighted by Gasteiger charge is 2.19. The molecule has 1 saturated heterocycles. The Hall–Kier alpha value is -0.120. The predicted molar refractivity (Wildman–Crippen MR) is 64.0 cm³/mol. The summed E-state index contributed by atoms with van der Waals surface area (Å²) in [6.45, 7) is 13.0. The van der Waals surface area contributed by atoms with Crippen LogP contribution in [-0.4, -0.2) is 60.3 Å². The van der Waals surface area contributed by atoms with Crippen LogP contribution in [0, 0.1) is 5.92 Å². The Bertz CT molecular complexity index is 165. The summed E-state index contributed by atoms with van der Waals surface area (Å²) in [5.41, 5.74) is 0. The van der Waals surface area contributed by atoms with Crippen LogP contribution in [0.3, 0.4) is 0 Å². The van der Waals surface area contributed by atoms with Gasteiger partial charge in [-0.05, 0) is 18.9 Å². The first-order valence-electron chi connectivity index (χ1n) is 6.26. The van der Waals surface area contributed by atoms with Crippen LogP contribution < -0.4 is 0 Å². The molecule has 0 radical (unpaired) electrons. The van der Waals surface area contributed by atoms with E-state index >= 15 is 0 Å². The van der Waals surface area contributed by atoms with Gasteiger partial charge in [0, 0.05) is 32.7 Å². The molecule has 0 aliphatic carbocycles. The number of piperazine rings is 1. The zero-order valence-corrected chi connectivity index (χ0v) is 10.4. The lowest BCUT2D eigenvalue weighted by Crippen LogP contribution is -2.49. The van der Waals surface area contributed by atoms with Crippen molar-refractivity contribution in [2.45, 2.75) is 33.3 Å². The molecule has 3 heteroatoms. The number of β-amino-alcohol motifs (C(OH)–C–C–N with tert-alkyl or cyclic N) is 1. The molecule has 90 valence electrons. The number of aliphatic hydroxyl groups is 1. The van der Waals surface area contributed by atoms with E-state index < -0.39 is 0 Å². The van der Waals surface area contributed by atoms with Crippen molar-refractivity contribution in [2.75, 3.05) is 39.3 Å². The molecule has 1 fully saturated rings. The number of aliphatic hydroxyl groups excluding tert-OH is 1. The smallest absolute Gasteiger partial charge is 0.0689 e. The highest BCUT2D eigenvalue weighted by molar-refractivity contribution is 4.74. The van der Waals surface area contributed by atoms with Crippen molar-refractivity contribution in [3.63, 3.8) is 0 Å². The second-order valence-corrected chi connectivity index (χ2v) is 4.95. The van der Waals surface area contributed by atoms with E-state index in [0.717, 1.165) is 19.6 Å². The molecule has 0 amide bonds. The maximum Gasteiger partial charge on any atom is 0.0689 e. The molecule has 1 N–H and O–H groups in total. The minimum absolute atomic E-state index is 0.164. The van der Waals surface area contributed by atoms with Gasteiger partial charge in [0.1, 0.15) is 0 Å². The van der Waals surface area contributed by atoms with Crippen LogP contribution in [0.5, 0.6) is 0 Å². The van der Waals surface area contributed by atoms with E-state index in [2.05, 4.69) is 30.6 Å². The largest absolute Gasteiger partial charge is 0.392 e. The van der Waals surface area contributed by atoms with Crippen LogP contribution >= 0.6 is 0 Å². The van der Waals surface area contributed by atoms with Crippen molar-refractivity contribution in [3.05, 3.63) is 0 Å². The molecule has 1 aliphatic heterocycles. The molecule has 1 rings (SSSR count). The molecular formula is C12H26N2O. The van der Waals surface area contributed by atoms with Gasteiger partial charge in [-0.3, -0.25) is 4.90 Å². The molecule has 15 heavy (non-hydrogen) atoms. The van der Waals surface area contributed by atoms with Crippen molar-refractivity contribution in [3.8, 4) is 0 Å². The van der Waals surface area contributed by atoms with Gasteiger partial charge >= 0.3 is 0 Å². The van der Waals surface area contributed by atoms with Gasteiger partial charge in [0.05, 0.1) is 6.10 Å². The molecular weight excluding hydrogens is 188 g/mol. The quantitative estimate of drug-likeness (QED) is 0.740. The lowest BCUT2D eigenvalue weighted by atomic mass is 10.1. The van der Waals surface area contributed by atoms with Gasteiger partial charge < -0.3 is 10.0 Å². The van der Waals surface area contributed by atoms with Crippen LogP contribution in [0.25, 0.3) is 0 Å². The molecule has 0 aromatic carbocycles. The van der Waals surface area contributed by atoms with Gasteiger partial charge in [-0.1, -0.05) is 20.8 Å². The normalized spacial score (nSPS) is 22.2. The molecule has 0 aromatic heterocycles. The Morgan fingerprint density at radius 3 is 2.07 bits per heavy atom. The Labute approximate surface area is 94.1 Å². The third-order valence-corrected chi connectivity index (χ3v) is 3.22. The first-order valence-corrected chi connectivity index (χ1v) is 6.26. The van der Waals surface area contributed by atoms with Crippen LogP contribution in [0.1, 0.15) is 27.2 Å². The fraction of sp³-hybridized carbons (Fsp3) is 1.00. The first-order chi connectivity index (χ1) is 7.13. The fourth-order valence-electron chi connectivity index (χ4n) is 1.99. The highest BCUT2D eigenvalue weighted by Crippen LogP contribution is 2.07. The van der Waals surface area contributed by atoms with Crippen molar-refractivity contribution < 1.29 is 5.11 Å². The lowest BCUT2D eigenvalue weighted by molar-refractivity contribution is 0.0499. The molecule has 0 saturated carbocycles. The average molecular weight is 214 g/mol. The van der Waals surface area contributed by atoms with E-state index in [0.29, 0.717) is 5.92 Å². The van der Waals surface area contributed by atoms with Gasteiger partial charge in [0.2, 0.25) is 0 Å².